The molecule has 0 saturated heterocycles. The standard InChI is InChI=1S/C21H18N2O2/c24-23(25)19-11-12-20-18(13-19)14-21(17-9-5-2-6-10-17)22(20)15-16-7-3-1-4-8-16/h1-13,21H,14-15H2. The Balaban J connectivity index is 1.75. The zero-order chi connectivity index (χ0) is 17.2. The van der Waals surface area contributed by atoms with E-state index < -0.39 is 0 Å². The van der Waals surface area contributed by atoms with Crippen LogP contribution in [0, 0.1) is 10.1 Å². The predicted octanol–water partition coefficient (Wildman–Crippen LogP) is 4.90. The first-order valence-electron chi connectivity index (χ1n) is 8.35. The van der Waals surface area contributed by atoms with Crippen LogP contribution in [0.5, 0.6) is 0 Å². The summed E-state index contributed by atoms with van der Waals surface area (Å²) < 4.78 is 0. The first-order chi connectivity index (χ1) is 12.2. The molecule has 0 fully saturated rings. The fourth-order valence-corrected chi connectivity index (χ4v) is 3.56. The molecule has 124 valence electrons. The average Bonchev–Trinajstić information content (AvgIpc) is 3.01. The molecule has 1 aliphatic heterocycles. The second-order valence-corrected chi connectivity index (χ2v) is 6.31. The zero-order valence-electron chi connectivity index (χ0n) is 13.7. The van der Waals surface area contributed by atoms with Gasteiger partial charge in [-0.2, -0.15) is 0 Å². The minimum atomic E-state index is -0.322. The summed E-state index contributed by atoms with van der Waals surface area (Å²) in [5, 5.41) is 11.1. The Kier molecular flexibility index (Phi) is 3.94. The quantitative estimate of drug-likeness (QED) is 0.505. The number of rotatable bonds is 4. The molecule has 4 nitrogen and oxygen atoms in total. The molecule has 25 heavy (non-hydrogen) atoms. The molecule has 0 spiro atoms. The second kappa shape index (κ2) is 6.40. The summed E-state index contributed by atoms with van der Waals surface area (Å²) in [6.07, 6.45) is 0.786. The molecule has 1 unspecified atom stereocenters. The highest BCUT2D eigenvalue weighted by Gasteiger charge is 2.31. The third kappa shape index (κ3) is 2.98. The van der Waals surface area contributed by atoms with Gasteiger partial charge in [-0.3, -0.25) is 10.1 Å². The number of nitro benzene ring substituents is 1. The molecule has 1 heterocycles. The van der Waals surface area contributed by atoms with Crippen molar-refractivity contribution in [2.45, 2.75) is 19.0 Å². The maximum atomic E-state index is 11.1. The van der Waals surface area contributed by atoms with E-state index in [4.69, 9.17) is 0 Å². The summed E-state index contributed by atoms with van der Waals surface area (Å²) in [6.45, 7) is 0.783. The Morgan fingerprint density at radius 2 is 1.64 bits per heavy atom. The van der Waals surface area contributed by atoms with Gasteiger partial charge in [-0.25, -0.2) is 0 Å². The van der Waals surface area contributed by atoms with Gasteiger partial charge in [0.15, 0.2) is 0 Å². The van der Waals surface area contributed by atoms with Gasteiger partial charge in [0.2, 0.25) is 0 Å². The number of fused-ring (bicyclic) bond motifs is 1. The number of benzene rings is 3. The molecule has 1 atom stereocenters. The van der Waals surface area contributed by atoms with Crippen LogP contribution in [0.4, 0.5) is 11.4 Å². The van der Waals surface area contributed by atoms with Crippen LogP contribution in [0.2, 0.25) is 0 Å². The number of non-ortho nitro benzene ring substituents is 1. The van der Waals surface area contributed by atoms with E-state index >= 15 is 0 Å². The molecule has 1 aliphatic rings. The Morgan fingerprint density at radius 3 is 2.32 bits per heavy atom. The minimum absolute atomic E-state index is 0.159. The van der Waals surface area contributed by atoms with Crippen LogP contribution < -0.4 is 4.90 Å². The average molecular weight is 330 g/mol. The number of anilines is 1. The predicted molar refractivity (Wildman–Crippen MR) is 98.6 cm³/mol. The fraction of sp³-hybridized carbons (Fsp3) is 0.143. The first-order valence-corrected chi connectivity index (χ1v) is 8.35. The molecule has 0 saturated carbocycles. The van der Waals surface area contributed by atoms with Crippen molar-refractivity contribution >= 4 is 11.4 Å². The highest BCUT2D eigenvalue weighted by atomic mass is 16.6. The van der Waals surface area contributed by atoms with Gasteiger partial charge in [-0.05, 0) is 29.2 Å². The minimum Gasteiger partial charge on any atom is -0.360 e. The number of hydrogen-bond donors (Lipinski definition) is 0. The second-order valence-electron chi connectivity index (χ2n) is 6.31. The van der Waals surface area contributed by atoms with E-state index in [1.165, 1.54) is 11.1 Å². The molecule has 0 aromatic heterocycles. The van der Waals surface area contributed by atoms with Crippen molar-refractivity contribution in [1.82, 2.24) is 0 Å². The van der Waals surface area contributed by atoms with E-state index in [0.29, 0.717) is 0 Å². The summed E-state index contributed by atoms with van der Waals surface area (Å²) >= 11 is 0. The summed E-state index contributed by atoms with van der Waals surface area (Å²) in [5.74, 6) is 0. The van der Waals surface area contributed by atoms with Crippen LogP contribution >= 0.6 is 0 Å². The lowest BCUT2D eigenvalue weighted by molar-refractivity contribution is -0.384. The first kappa shape index (κ1) is 15.4. The highest BCUT2D eigenvalue weighted by Crippen LogP contribution is 2.42. The van der Waals surface area contributed by atoms with Gasteiger partial charge in [0.25, 0.3) is 5.69 Å². The van der Waals surface area contributed by atoms with Gasteiger partial charge in [-0.15, -0.1) is 0 Å². The topological polar surface area (TPSA) is 46.4 Å². The number of nitrogens with zero attached hydrogens (tertiary/aromatic N) is 2. The van der Waals surface area contributed by atoms with Gasteiger partial charge < -0.3 is 4.90 Å². The van der Waals surface area contributed by atoms with E-state index in [1.807, 2.05) is 42.5 Å². The maximum absolute atomic E-state index is 11.1. The number of hydrogen-bond acceptors (Lipinski definition) is 3. The molecule has 0 aliphatic carbocycles. The molecular formula is C21H18N2O2. The summed E-state index contributed by atoms with van der Waals surface area (Å²) in [5.41, 5.74) is 4.75. The van der Waals surface area contributed by atoms with Crippen LogP contribution in [0.15, 0.2) is 78.9 Å². The van der Waals surface area contributed by atoms with Gasteiger partial charge in [0, 0.05) is 24.4 Å². The molecule has 0 N–H and O–H groups in total. The summed E-state index contributed by atoms with van der Waals surface area (Å²) in [7, 11) is 0. The zero-order valence-corrected chi connectivity index (χ0v) is 13.7. The van der Waals surface area contributed by atoms with Crippen molar-refractivity contribution in [2.75, 3.05) is 4.90 Å². The lowest BCUT2D eigenvalue weighted by atomic mass is 10.0. The highest BCUT2D eigenvalue weighted by molar-refractivity contribution is 5.64. The van der Waals surface area contributed by atoms with Crippen molar-refractivity contribution < 1.29 is 4.92 Å². The molecule has 4 heteroatoms. The van der Waals surface area contributed by atoms with E-state index in [1.54, 1.807) is 12.1 Å². The van der Waals surface area contributed by atoms with E-state index in [2.05, 4.69) is 29.2 Å². The van der Waals surface area contributed by atoms with Gasteiger partial charge in [-0.1, -0.05) is 60.7 Å². The normalized spacial score (nSPS) is 15.8. The molecule has 4 rings (SSSR count). The van der Waals surface area contributed by atoms with Crippen molar-refractivity contribution in [3.8, 4) is 0 Å². The van der Waals surface area contributed by atoms with Crippen LogP contribution in [-0.2, 0) is 13.0 Å². The van der Waals surface area contributed by atoms with Gasteiger partial charge in [0.05, 0.1) is 11.0 Å². The molecular weight excluding hydrogens is 312 g/mol. The van der Waals surface area contributed by atoms with E-state index in [-0.39, 0.29) is 16.7 Å². The smallest absolute Gasteiger partial charge is 0.269 e. The summed E-state index contributed by atoms with van der Waals surface area (Å²) in [6, 6.07) is 26.1. The van der Waals surface area contributed by atoms with Gasteiger partial charge in [0.1, 0.15) is 0 Å². The molecule has 3 aromatic carbocycles. The van der Waals surface area contributed by atoms with Crippen LogP contribution in [0.3, 0.4) is 0 Å². The van der Waals surface area contributed by atoms with E-state index in [0.717, 1.165) is 24.2 Å². The molecule has 3 aromatic rings. The van der Waals surface area contributed by atoms with Crippen LogP contribution in [-0.4, -0.2) is 4.92 Å². The third-order valence-corrected chi connectivity index (χ3v) is 4.75. The maximum Gasteiger partial charge on any atom is 0.269 e. The van der Waals surface area contributed by atoms with Gasteiger partial charge >= 0.3 is 0 Å². The van der Waals surface area contributed by atoms with Crippen LogP contribution in [0.1, 0.15) is 22.7 Å². The lowest BCUT2D eigenvalue weighted by Crippen LogP contribution is -2.24. The third-order valence-electron chi connectivity index (χ3n) is 4.75. The largest absolute Gasteiger partial charge is 0.360 e. The lowest BCUT2D eigenvalue weighted by Gasteiger charge is -2.28. The van der Waals surface area contributed by atoms with E-state index in [9.17, 15) is 10.1 Å². The molecule has 0 radical (unpaired) electrons. The van der Waals surface area contributed by atoms with Crippen molar-refractivity contribution in [2.24, 2.45) is 0 Å². The fourth-order valence-electron chi connectivity index (χ4n) is 3.56. The Labute approximate surface area is 146 Å². The monoisotopic (exact) mass is 330 g/mol. The number of nitro groups is 1. The Morgan fingerprint density at radius 1 is 0.960 bits per heavy atom. The van der Waals surface area contributed by atoms with Crippen molar-refractivity contribution in [3.05, 3.63) is 106 Å². The molecule has 0 amide bonds. The van der Waals surface area contributed by atoms with Crippen LogP contribution in [0.25, 0.3) is 0 Å². The van der Waals surface area contributed by atoms with Crippen molar-refractivity contribution in [3.63, 3.8) is 0 Å². The summed E-state index contributed by atoms with van der Waals surface area (Å²) in [4.78, 5) is 13.1. The Bertz CT molecular complexity index is 894. The Hall–Kier alpha value is -3.14. The SMILES string of the molecule is O=[N+]([O-])c1ccc2c(c1)CC(c1ccccc1)N2Cc1ccccc1. The van der Waals surface area contributed by atoms with Crippen molar-refractivity contribution in [1.29, 1.82) is 0 Å². The molecule has 0 bridgehead atoms.